The van der Waals surface area contributed by atoms with Gasteiger partial charge in [-0.1, -0.05) is 11.6 Å². The molecule has 6 nitrogen and oxygen atoms in total. The Morgan fingerprint density at radius 1 is 0.960 bits per heavy atom. The highest BCUT2D eigenvalue weighted by Gasteiger charge is 2.19. The third-order valence-electron chi connectivity index (χ3n) is 3.66. The van der Waals surface area contributed by atoms with E-state index in [4.69, 9.17) is 4.74 Å². The first-order valence-electron chi connectivity index (χ1n) is 7.49. The molecule has 25 heavy (non-hydrogen) atoms. The van der Waals surface area contributed by atoms with Crippen LogP contribution in [0.4, 0.5) is 0 Å². The molecule has 0 saturated carbocycles. The largest absolute Gasteiger partial charge is 0.507 e. The third kappa shape index (κ3) is 4.23. The van der Waals surface area contributed by atoms with Gasteiger partial charge in [0, 0.05) is 5.56 Å². The van der Waals surface area contributed by atoms with Gasteiger partial charge in [-0.2, -0.15) is 0 Å². The van der Waals surface area contributed by atoms with Gasteiger partial charge < -0.3 is 14.6 Å². The molecule has 2 aromatic carbocycles. The molecular formula is C19H18O6. The van der Waals surface area contributed by atoms with Crippen molar-refractivity contribution >= 4 is 17.5 Å². The van der Waals surface area contributed by atoms with Crippen molar-refractivity contribution in [3.63, 3.8) is 0 Å². The number of Topliss-reactive ketones (excluding diaryl/α,β-unsaturated/α-hetero) is 2. The summed E-state index contributed by atoms with van der Waals surface area (Å²) in [6.45, 7) is 1.78. The van der Waals surface area contributed by atoms with E-state index in [2.05, 4.69) is 4.74 Å². The molecule has 2 aromatic rings. The Hall–Kier alpha value is -3.15. The van der Waals surface area contributed by atoms with Crippen molar-refractivity contribution in [2.75, 3.05) is 14.2 Å². The number of ether oxygens (including phenoxy) is 2. The predicted molar refractivity (Wildman–Crippen MR) is 90.5 cm³/mol. The number of benzene rings is 2. The fourth-order valence-corrected chi connectivity index (χ4v) is 2.33. The van der Waals surface area contributed by atoms with Crippen molar-refractivity contribution < 1.29 is 29.0 Å². The first-order chi connectivity index (χ1) is 11.8. The fourth-order valence-electron chi connectivity index (χ4n) is 2.33. The summed E-state index contributed by atoms with van der Waals surface area (Å²) < 4.78 is 9.72. The van der Waals surface area contributed by atoms with E-state index in [1.807, 2.05) is 0 Å². The summed E-state index contributed by atoms with van der Waals surface area (Å²) in [6.07, 6.45) is -0.440. The topological polar surface area (TPSA) is 89.9 Å². The van der Waals surface area contributed by atoms with E-state index in [0.29, 0.717) is 5.75 Å². The van der Waals surface area contributed by atoms with Crippen LogP contribution in [-0.2, 0) is 4.74 Å². The second-order valence-electron chi connectivity index (χ2n) is 5.49. The number of esters is 1. The first-order valence-corrected chi connectivity index (χ1v) is 7.49. The van der Waals surface area contributed by atoms with Gasteiger partial charge in [0.05, 0.1) is 31.8 Å². The molecule has 130 valence electrons. The molecule has 2 rings (SSSR count). The number of rotatable bonds is 6. The van der Waals surface area contributed by atoms with Crippen LogP contribution in [0, 0.1) is 6.92 Å². The maximum absolute atomic E-state index is 12.4. The van der Waals surface area contributed by atoms with Crippen LogP contribution in [0.3, 0.4) is 0 Å². The zero-order valence-corrected chi connectivity index (χ0v) is 14.2. The minimum atomic E-state index is -0.615. The van der Waals surface area contributed by atoms with Crippen LogP contribution in [0.5, 0.6) is 11.5 Å². The Morgan fingerprint density at radius 2 is 1.64 bits per heavy atom. The lowest BCUT2D eigenvalue weighted by atomic mass is 9.98. The van der Waals surface area contributed by atoms with Gasteiger partial charge in [0.15, 0.2) is 11.6 Å². The summed E-state index contributed by atoms with van der Waals surface area (Å²) >= 11 is 0. The summed E-state index contributed by atoms with van der Waals surface area (Å²) in [5, 5.41) is 9.81. The summed E-state index contributed by atoms with van der Waals surface area (Å²) in [6, 6.07) is 8.83. The summed E-state index contributed by atoms with van der Waals surface area (Å²) in [7, 11) is 2.63. The zero-order chi connectivity index (χ0) is 18.6. The van der Waals surface area contributed by atoms with Crippen molar-refractivity contribution in [1.82, 2.24) is 0 Å². The summed E-state index contributed by atoms with van der Waals surface area (Å²) in [5.74, 6) is -1.49. The first kappa shape index (κ1) is 18.2. The molecule has 6 heteroatoms. The van der Waals surface area contributed by atoms with Crippen molar-refractivity contribution in [2.24, 2.45) is 0 Å². The van der Waals surface area contributed by atoms with E-state index in [1.54, 1.807) is 13.0 Å². The normalized spacial score (nSPS) is 10.2. The lowest BCUT2D eigenvalue weighted by Gasteiger charge is -2.08. The van der Waals surface area contributed by atoms with Crippen molar-refractivity contribution in [3.8, 4) is 11.5 Å². The highest BCUT2D eigenvalue weighted by Crippen LogP contribution is 2.23. The molecule has 0 amide bonds. The molecule has 0 aromatic heterocycles. The molecule has 0 unspecified atom stereocenters. The van der Waals surface area contributed by atoms with E-state index >= 15 is 0 Å². The highest BCUT2D eigenvalue weighted by molar-refractivity contribution is 6.15. The number of phenols is 1. The van der Waals surface area contributed by atoms with Gasteiger partial charge in [0.2, 0.25) is 0 Å². The third-order valence-corrected chi connectivity index (χ3v) is 3.66. The van der Waals surface area contributed by atoms with E-state index in [1.165, 1.54) is 44.6 Å². The molecule has 1 N–H and O–H groups in total. The summed E-state index contributed by atoms with van der Waals surface area (Å²) in [4.78, 5) is 36.5. The Balaban J connectivity index is 2.29. The van der Waals surface area contributed by atoms with Gasteiger partial charge in [-0.25, -0.2) is 4.79 Å². The van der Waals surface area contributed by atoms with Gasteiger partial charge in [-0.05, 0) is 37.3 Å². The van der Waals surface area contributed by atoms with Gasteiger partial charge in [0.1, 0.15) is 11.5 Å². The molecule has 0 radical (unpaired) electrons. The van der Waals surface area contributed by atoms with E-state index in [-0.39, 0.29) is 22.4 Å². The van der Waals surface area contributed by atoms with Gasteiger partial charge in [-0.15, -0.1) is 0 Å². The number of methoxy groups -OCH3 is 2. The average molecular weight is 342 g/mol. The molecule has 0 heterocycles. The Morgan fingerprint density at radius 3 is 2.28 bits per heavy atom. The maximum atomic E-state index is 12.4. The predicted octanol–water partition coefficient (Wildman–Crippen LogP) is 2.95. The van der Waals surface area contributed by atoms with Gasteiger partial charge in [0.25, 0.3) is 0 Å². The number of carbonyl (C=O) groups excluding carboxylic acids is 3. The Bertz CT molecular complexity index is 838. The smallest absolute Gasteiger partial charge is 0.338 e. The number of hydrogen-bond acceptors (Lipinski definition) is 6. The molecule has 0 bridgehead atoms. The van der Waals surface area contributed by atoms with Crippen LogP contribution >= 0.6 is 0 Å². The van der Waals surface area contributed by atoms with Crippen LogP contribution in [0.15, 0.2) is 36.4 Å². The zero-order valence-electron chi connectivity index (χ0n) is 14.2. The molecule has 0 aliphatic rings. The second kappa shape index (κ2) is 7.61. The molecular weight excluding hydrogens is 324 g/mol. The van der Waals surface area contributed by atoms with Crippen LogP contribution in [-0.4, -0.2) is 36.9 Å². The van der Waals surface area contributed by atoms with E-state index in [0.717, 1.165) is 5.56 Å². The maximum Gasteiger partial charge on any atom is 0.338 e. The molecule has 0 fully saturated rings. The number of hydrogen-bond donors (Lipinski definition) is 1. The Labute approximate surface area is 145 Å². The minimum Gasteiger partial charge on any atom is -0.507 e. The number of aryl methyl sites for hydroxylation is 1. The fraction of sp³-hybridized carbons (Fsp3) is 0.211. The number of carbonyl (C=O) groups is 3. The lowest BCUT2D eigenvalue weighted by Crippen LogP contribution is -2.11. The Kier molecular flexibility index (Phi) is 5.54. The quantitative estimate of drug-likeness (QED) is 0.493. The molecule has 0 aliphatic heterocycles. The van der Waals surface area contributed by atoms with Crippen LogP contribution < -0.4 is 4.74 Å². The number of phenolic OH excluding ortho intramolecular Hbond substituents is 1. The molecule has 0 spiro atoms. The van der Waals surface area contributed by atoms with Crippen molar-refractivity contribution in [2.45, 2.75) is 13.3 Å². The van der Waals surface area contributed by atoms with Crippen molar-refractivity contribution in [1.29, 1.82) is 0 Å². The second-order valence-corrected chi connectivity index (χ2v) is 5.49. The molecule has 0 aliphatic carbocycles. The SMILES string of the molecule is COC(=O)c1cc(OC)cc(C(=O)CC(=O)c2cc(C)ccc2O)c1. The molecule has 0 saturated heterocycles. The van der Waals surface area contributed by atoms with Crippen LogP contribution in [0.2, 0.25) is 0 Å². The average Bonchev–Trinajstić information content (AvgIpc) is 2.62. The van der Waals surface area contributed by atoms with E-state index in [9.17, 15) is 19.5 Å². The summed E-state index contributed by atoms with van der Waals surface area (Å²) in [5.41, 5.74) is 1.18. The lowest BCUT2D eigenvalue weighted by molar-refractivity contribution is 0.0600. The van der Waals surface area contributed by atoms with Gasteiger partial charge in [-0.3, -0.25) is 9.59 Å². The van der Waals surface area contributed by atoms with Gasteiger partial charge >= 0.3 is 5.97 Å². The highest BCUT2D eigenvalue weighted by atomic mass is 16.5. The van der Waals surface area contributed by atoms with Crippen LogP contribution in [0.25, 0.3) is 0 Å². The van der Waals surface area contributed by atoms with Crippen molar-refractivity contribution in [3.05, 3.63) is 58.7 Å². The molecule has 0 atom stereocenters. The van der Waals surface area contributed by atoms with Crippen LogP contribution in [0.1, 0.15) is 43.1 Å². The standard InChI is InChI=1S/C19H18O6/c1-11-4-5-16(20)15(6-11)18(22)10-17(21)12-7-13(19(23)25-3)9-14(8-12)24-2/h4-9,20H,10H2,1-3H3. The number of aromatic hydroxyl groups is 1. The number of ketones is 2. The monoisotopic (exact) mass is 342 g/mol. The van der Waals surface area contributed by atoms with E-state index < -0.39 is 24.0 Å². The minimum absolute atomic E-state index is 0.0874.